The van der Waals surface area contributed by atoms with E-state index < -0.39 is 29.9 Å². The second kappa shape index (κ2) is 9.91. The van der Waals surface area contributed by atoms with Crippen LogP contribution in [0.4, 0.5) is 10.5 Å². The molecule has 3 amide bonds. The molecule has 0 aliphatic heterocycles. The number of carboxylic acids is 1. The summed E-state index contributed by atoms with van der Waals surface area (Å²) in [7, 11) is 0. The minimum Gasteiger partial charge on any atom is -0.481 e. The summed E-state index contributed by atoms with van der Waals surface area (Å²) >= 11 is 0. The lowest BCUT2D eigenvalue weighted by Crippen LogP contribution is -2.39. The van der Waals surface area contributed by atoms with Crippen LogP contribution in [0.3, 0.4) is 0 Å². The molecule has 0 heterocycles. The first kappa shape index (κ1) is 19.9. The van der Waals surface area contributed by atoms with Crippen LogP contribution in [-0.2, 0) is 14.3 Å². The minimum absolute atomic E-state index is 0.00735. The number of ether oxygens (including phenoxy) is 1. The Hall–Kier alpha value is -3.10. The molecule has 0 aliphatic carbocycles. The third kappa shape index (κ3) is 7.34. The van der Waals surface area contributed by atoms with E-state index in [2.05, 4.69) is 16.0 Å². The Kier molecular flexibility index (Phi) is 7.91. The van der Waals surface area contributed by atoms with Crippen molar-refractivity contribution in [2.24, 2.45) is 0 Å². The lowest BCUT2D eigenvalue weighted by Gasteiger charge is -2.13. The molecule has 136 valence electrons. The molecule has 9 heteroatoms. The number of anilines is 1. The Morgan fingerprint density at radius 3 is 2.36 bits per heavy atom. The van der Waals surface area contributed by atoms with Crippen molar-refractivity contribution in [2.75, 3.05) is 18.5 Å². The molecule has 4 N–H and O–H groups in total. The largest absolute Gasteiger partial charge is 0.481 e. The van der Waals surface area contributed by atoms with Crippen LogP contribution in [0.1, 0.15) is 30.6 Å². The van der Waals surface area contributed by atoms with Crippen molar-refractivity contribution in [3.63, 3.8) is 0 Å². The van der Waals surface area contributed by atoms with Crippen LogP contribution >= 0.6 is 0 Å². The predicted molar refractivity (Wildman–Crippen MR) is 89.3 cm³/mol. The average Bonchev–Trinajstić information content (AvgIpc) is 2.55. The number of carbonyl (C=O) groups is 4. The molecule has 25 heavy (non-hydrogen) atoms. The molecule has 0 aromatic heterocycles. The lowest BCUT2D eigenvalue weighted by atomic mass is 10.2. The first-order valence-corrected chi connectivity index (χ1v) is 7.67. The number of aliphatic carboxylic acids is 1. The number of esters is 1. The van der Waals surface area contributed by atoms with Gasteiger partial charge in [-0.25, -0.2) is 9.59 Å². The number of urea groups is 1. The highest BCUT2D eigenvalue weighted by atomic mass is 16.5. The molecule has 0 radical (unpaired) electrons. The third-order valence-corrected chi connectivity index (χ3v) is 3.02. The number of hydrogen-bond donors (Lipinski definition) is 4. The number of nitrogens with one attached hydrogen (secondary N) is 3. The van der Waals surface area contributed by atoms with Crippen LogP contribution in [0, 0.1) is 0 Å². The van der Waals surface area contributed by atoms with Crippen molar-refractivity contribution in [1.82, 2.24) is 10.6 Å². The Balaban J connectivity index is 2.52. The van der Waals surface area contributed by atoms with Crippen LogP contribution in [0.5, 0.6) is 0 Å². The van der Waals surface area contributed by atoms with Crippen LogP contribution < -0.4 is 16.0 Å². The first-order valence-electron chi connectivity index (χ1n) is 7.67. The zero-order valence-corrected chi connectivity index (χ0v) is 14.0. The summed E-state index contributed by atoms with van der Waals surface area (Å²) in [5, 5.41) is 15.9. The molecule has 0 bridgehead atoms. The summed E-state index contributed by atoms with van der Waals surface area (Å²) < 4.78 is 4.81. The van der Waals surface area contributed by atoms with Crippen LogP contribution in [0.15, 0.2) is 24.3 Å². The van der Waals surface area contributed by atoms with Gasteiger partial charge >= 0.3 is 18.0 Å². The summed E-state index contributed by atoms with van der Waals surface area (Å²) in [4.78, 5) is 45.4. The number of benzene rings is 1. The molecule has 1 aromatic rings. The Labute approximate surface area is 144 Å². The molecule has 0 saturated heterocycles. The third-order valence-electron chi connectivity index (χ3n) is 3.02. The first-order chi connectivity index (χ1) is 11.8. The van der Waals surface area contributed by atoms with Crippen LogP contribution in [0.25, 0.3) is 0 Å². The van der Waals surface area contributed by atoms with Gasteiger partial charge in [0.25, 0.3) is 5.91 Å². The van der Waals surface area contributed by atoms with E-state index in [1.807, 2.05) is 0 Å². The topological polar surface area (TPSA) is 134 Å². The second-order valence-corrected chi connectivity index (χ2v) is 5.05. The van der Waals surface area contributed by atoms with Gasteiger partial charge in [-0.05, 0) is 38.1 Å². The van der Waals surface area contributed by atoms with Gasteiger partial charge in [-0.2, -0.15) is 0 Å². The number of amides is 3. The normalized spacial score (nSPS) is 11.1. The molecule has 0 saturated carbocycles. The highest BCUT2D eigenvalue weighted by Gasteiger charge is 2.17. The molecule has 1 unspecified atom stereocenters. The maximum atomic E-state index is 12.0. The van der Waals surface area contributed by atoms with Gasteiger partial charge in [0.15, 0.2) is 0 Å². The second-order valence-electron chi connectivity index (χ2n) is 5.05. The monoisotopic (exact) mass is 351 g/mol. The highest BCUT2D eigenvalue weighted by molar-refractivity contribution is 5.97. The molecular formula is C16H21N3O6. The summed E-state index contributed by atoms with van der Waals surface area (Å²) in [5.41, 5.74) is 0.746. The Morgan fingerprint density at radius 1 is 1.16 bits per heavy atom. The Morgan fingerprint density at radius 2 is 1.80 bits per heavy atom. The van der Waals surface area contributed by atoms with Crippen molar-refractivity contribution in [3.8, 4) is 0 Å². The number of carbonyl (C=O) groups excluding carboxylic acids is 3. The van der Waals surface area contributed by atoms with E-state index in [1.165, 1.54) is 31.2 Å². The van der Waals surface area contributed by atoms with Crippen molar-refractivity contribution < 1.29 is 29.0 Å². The molecule has 9 nitrogen and oxygen atoms in total. The zero-order chi connectivity index (χ0) is 18.8. The van der Waals surface area contributed by atoms with E-state index in [0.29, 0.717) is 11.3 Å². The van der Waals surface area contributed by atoms with E-state index in [4.69, 9.17) is 9.84 Å². The fourth-order valence-corrected chi connectivity index (χ4v) is 1.77. The SMILES string of the molecule is CCOC(=O)C(C)NC(=O)c1ccc(NC(=O)NCCC(=O)O)cc1. The minimum atomic E-state index is -1.01. The van der Waals surface area contributed by atoms with Crippen molar-refractivity contribution in [1.29, 1.82) is 0 Å². The molecule has 1 atom stereocenters. The Bertz CT molecular complexity index is 629. The van der Waals surface area contributed by atoms with E-state index in [0.717, 1.165) is 0 Å². The summed E-state index contributed by atoms with van der Waals surface area (Å²) in [6, 6.07) is 4.68. The average molecular weight is 351 g/mol. The van der Waals surface area contributed by atoms with Crippen molar-refractivity contribution in [3.05, 3.63) is 29.8 Å². The zero-order valence-electron chi connectivity index (χ0n) is 14.0. The van der Waals surface area contributed by atoms with Crippen molar-refractivity contribution >= 4 is 29.6 Å². The van der Waals surface area contributed by atoms with Gasteiger partial charge in [0.05, 0.1) is 13.0 Å². The van der Waals surface area contributed by atoms with Crippen molar-refractivity contribution in [2.45, 2.75) is 26.3 Å². The maximum Gasteiger partial charge on any atom is 0.328 e. The van der Waals surface area contributed by atoms with Gasteiger partial charge in [0.2, 0.25) is 0 Å². The predicted octanol–water partition coefficient (Wildman–Crippen LogP) is 0.964. The van der Waals surface area contributed by atoms with E-state index in [1.54, 1.807) is 6.92 Å². The van der Waals surface area contributed by atoms with Crippen LogP contribution in [-0.4, -0.2) is 48.2 Å². The van der Waals surface area contributed by atoms with E-state index in [-0.39, 0.29) is 19.6 Å². The molecule has 0 spiro atoms. The molecule has 0 aliphatic rings. The smallest absolute Gasteiger partial charge is 0.328 e. The van der Waals surface area contributed by atoms with Gasteiger partial charge in [0, 0.05) is 17.8 Å². The summed E-state index contributed by atoms with van der Waals surface area (Å²) in [6.07, 6.45) is -0.175. The number of hydrogen-bond acceptors (Lipinski definition) is 5. The van der Waals surface area contributed by atoms with Gasteiger partial charge in [-0.1, -0.05) is 0 Å². The molecular weight excluding hydrogens is 330 g/mol. The molecule has 0 fully saturated rings. The summed E-state index contributed by atoms with van der Waals surface area (Å²) in [6.45, 7) is 3.44. The van der Waals surface area contributed by atoms with Gasteiger partial charge < -0.3 is 25.8 Å². The van der Waals surface area contributed by atoms with E-state index in [9.17, 15) is 19.2 Å². The lowest BCUT2D eigenvalue weighted by molar-refractivity contribution is -0.145. The van der Waals surface area contributed by atoms with E-state index >= 15 is 0 Å². The number of carboxylic acid groups (broad SMARTS) is 1. The molecule has 1 rings (SSSR count). The molecule has 1 aromatic carbocycles. The maximum absolute atomic E-state index is 12.0. The quantitative estimate of drug-likeness (QED) is 0.516. The fourth-order valence-electron chi connectivity index (χ4n) is 1.77. The van der Waals surface area contributed by atoms with Gasteiger partial charge in [-0.3, -0.25) is 9.59 Å². The highest BCUT2D eigenvalue weighted by Crippen LogP contribution is 2.09. The number of rotatable bonds is 8. The fraction of sp³-hybridized carbons (Fsp3) is 0.375. The van der Waals surface area contributed by atoms with Gasteiger partial charge in [0.1, 0.15) is 6.04 Å². The summed E-state index contributed by atoms with van der Waals surface area (Å²) in [5.74, 6) is -1.97. The van der Waals surface area contributed by atoms with Crippen LogP contribution in [0.2, 0.25) is 0 Å². The standard InChI is InChI=1S/C16H21N3O6/c1-3-25-15(23)10(2)18-14(22)11-4-6-12(7-5-11)19-16(24)17-9-8-13(20)21/h4-7,10H,3,8-9H2,1-2H3,(H,18,22)(H,20,21)(H2,17,19,24). The van der Waals surface area contributed by atoms with Gasteiger partial charge in [-0.15, -0.1) is 0 Å².